The van der Waals surface area contributed by atoms with Crippen molar-refractivity contribution in [1.82, 2.24) is 14.9 Å². The number of nitrogens with zero attached hydrogens (tertiary/aromatic N) is 2. The summed E-state index contributed by atoms with van der Waals surface area (Å²) in [6.45, 7) is 3.98. The van der Waals surface area contributed by atoms with Crippen molar-refractivity contribution in [2.24, 2.45) is 0 Å². The molecule has 4 rings (SSSR count). The van der Waals surface area contributed by atoms with E-state index < -0.39 is 0 Å². The molecule has 6 heteroatoms. The molecule has 0 atom stereocenters. The first-order valence-corrected chi connectivity index (χ1v) is 7.95. The lowest BCUT2D eigenvalue weighted by Crippen LogP contribution is -2.18. The summed E-state index contributed by atoms with van der Waals surface area (Å²) in [5.41, 5.74) is 11.3. The van der Waals surface area contributed by atoms with Crippen molar-refractivity contribution in [3.63, 3.8) is 0 Å². The van der Waals surface area contributed by atoms with Gasteiger partial charge in [0.2, 0.25) is 0 Å². The number of hydrogen-bond donors (Lipinski definition) is 2. The van der Waals surface area contributed by atoms with Gasteiger partial charge in [0.05, 0.1) is 18.4 Å². The van der Waals surface area contributed by atoms with Gasteiger partial charge in [0.15, 0.2) is 0 Å². The van der Waals surface area contributed by atoms with Gasteiger partial charge in [0.1, 0.15) is 17.2 Å². The topological polar surface area (TPSA) is 82.2 Å². The zero-order chi connectivity index (χ0) is 17.7. The fourth-order valence-electron chi connectivity index (χ4n) is 3.50. The average molecular weight is 334 g/mol. The van der Waals surface area contributed by atoms with Crippen molar-refractivity contribution in [3.8, 4) is 11.4 Å². The van der Waals surface area contributed by atoms with Crippen molar-refractivity contribution in [1.29, 1.82) is 0 Å². The zero-order valence-electron chi connectivity index (χ0n) is 14.3. The summed E-state index contributed by atoms with van der Waals surface area (Å²) < 4.78 is 7.31. The highest BCUT2D eigenvalue weighted by Gasteiger charge is 2.27. The van der Waals surface area contributed by atoms with Gasteiger partial charge in [-0.25, -0.2) is 4.98 Å². The van der Waals surface area contributed by atoms with E-state index in [1.807, 2.05) is 42.7 Å². The number of ether oxygens (including phenoxy) is 1. The number of nitrogen functional groups attached to an aromatic ring is 1. The highest BCUT2D eigenvalue weighted by molar-refractivity contribution is 6.15. The van der Waals surface area contributed by atoms with Crippen LogP contribution in [0.1, 0.15) is 27.0 Å². The maximum Gasteiger partial charge on any atom is 0.259 e. The Labute approximate surface area is 144 Å². The number of methoxy groups -OCH3 is 1. The van der Waals surface area contributed by atoms with Crippen LogP contribution in [0.3, 0.4) is 0 Å². The van der Waals surface area contributed by atoms with Gasteiger partial charge in [-0.3, -0.25) is 9.36 Å². The Bertz CT molecular complexity index is 1060. The minimum Gasteiger partial charge on any atom is -0.496 e. The van der Waals surface area contributed by atoms with Gasteiger partial charge in [-0.05, 0) is 43.2 Å². The lowest BCUT2D eigenvalue weighted by atomic mass is 10.1. The van der Waals surface area contributed by atoms with Crippen molar-refractivity contribution < 1.29 is 9.53 Å². The van der Waals surface area contributed by atoms with E-state index in [9.17, 15) is 4.79 Å². The van der Waals surface area contributed by atoms with Crippen LogP contribution in [0.15, 0.2) is 30.6 Å². The first-order valence-electron chi connectivity index (χ1n) is 7.95. The lowest BCUT2D eigenvalue weighted by molar-refractivity contribution is 0.0973. The molecule has 126 valence electrons. The molecule has 1 aliphatic heterocycles. The Kier molecular flexibility index (Phi) is 3.28. The molecule has 3 heterocycles. The predicted molar refractivity (Wildman–Crippen MR) is 98.0 cm³/mol. The van der Waals surface area contributed by atoms with E-state index in [-0.39, 0.29) is 5.91 Å². The van der Waals surface area contributed by atoms with Gasteiger partial charge < -0.3 is 15.8 Å². The van der Waals surface area contributed by atoms with E-state index in [1.54, 1.807) is 19.5 Å². The van der Waals surface area contributed by atoms with Crippen LogP contribution in [0, 0.1) is 13.8 Å². The number of aryl methyl sites for hydroxylation is 1. The van der Waals surface area contributed by atoms with Crippen molar-refractivity contribution in [2.75, 3.05) is 12.8 Å². The molecule has 0 spiro atoms. The summed E-state index contributed by atoms with van der Waals surface area (Å²) in [4.78, 5) is 17.1. The molecule has 0 radical (unpaired) electrons. The van der Waals surface area contributed by atoms with Crippen LogP contribution in [0.2, 0.25) is 0 Å². The number of carbonyl (C=O) groups is 1. The third-order valence-corrected chi connectivity index (χ3v) is 4.65. The molecule has 1 aliphatic rings. The van der Waals surface area contributed by atoms with Crippen molar-refractivity contribution in [3.05, 3.63) is 52.8 Å². The van der Waals surface area contributed by atoms with Crippen LogP contribution in [0.25, 0.3) is 22.8 Å². The second-order valence-electron chi connectivity index (χ2n) is 6.06. The molecule has 25 heavy (non-hydrogen) atoms. The molecule has 1 aromatic carbocycles. The number of anilines is 1. The van der Waals surface area contributed by atoms with E-state index in [1.165, 1.54) is 0 Å². The number of nitrogens with one attached hydrogen (secondary N) is 1. The fraction of sp³-hybridized carbons (Fsp3) is 0.158. The molecular formula is C19H18N4O2. The Balaban J connectivity index is 2.18. The van der Waals surface area contributed by atoms with Gasteiger partial charge in [-0.2, -0.15) is 0 Å². The molecule has 3 aromatic rings. The molecule has 0 unspecified atom stereocenters. The van der Waals surface area contributed by atoms with Gasteiger partial charge in [-0.15, -0.1) is 0 Å². The highest BCUT2D eigenvalue weighted by Crippen LogP contribution is 2.37. The highest BCUT2D eigenvalue weighted by atomic mass is 16.5. The molecular weight excluding hydrogens is 316 g/mol. The number of benzene rings is 1. The first kappa shape index (κ1) is 15.3. The van der Waals surface area contributed by atoms with Crippen LogP contribution < -0.4 is 15.8 Å². The monoisotopic (exact) mass is 334 g/mol. The minimum absolute atomic E-state index is 0.234. The van der Waals surface area contributed by atoms with Crippen molar-refractivity contribution >= 4 is 28.8 Å². The summed E-state index contributed by atoms with van der Waals surface area (Å²) in [5, 5.41) is 3.50. The Hall–Kier alpha value is -3.28. The third kappa shape index (κ3) is 2.04. The molecule has 0 aliphatic carbocycles. The number of amides is 1. The van der Waals surface area contributed by atoms with Crippen LogP contribution in [-0.2, 0) is 0 Å². The summed E-state index contributed by atoms with van der Waals surface area (Å²) in [7, 11) is 1.64. The Morgan fingerprint density at radius 2 is 2.04 bits per heavy atom. The standard InChI is InChI=1S/C19H18N4O2/c1-10-4-5-13(25-3)11(2)16(10)23-17(20)15-14-12(6-8-21-18(14)23)7-9-22-19(15)24/h4-9H,20H2,1-3H3,(H,22,24). The second kappa shape index (κ2) is 5.37. The molecule has 0 bridgehead atoms. The number of carbonyl (C=O) groups excluding carboxylic acids is 1. The molecule has 0 saturated heterocycles. The molecule has 2 aromatic heterocycles. The number of rotatable bonds is 2. The SMILES string of the molecule is COc1ccc(C)c(-n2c(N)c3c4c(ccnc42)C=CNC3=O)c1C. The van der Waals surface area contributed by atoms with Crippen LogP contribution >= 0.6 is 0 Å². The van der Waals surface area contributed by atoms with Gasteiger partial charge in [0, 0.05) is 23.3 Å². The van der Waals surface area contributed by atoms with E-state index in [2.05, 4.69) is 10.3 Å². The Morgan fingerprint density at radius 3 is 2.80 bits per heavy atom. The largest absolute Gasteiger partial charge is 0.496 e. The quantitative estimate of drug-likeness (QED) is 0.755. The predicted octanol–water partition coefficient (Wildman–Crippen LogP) is 2.95. The van der Waals surface area contributed by atoms with E-state index in [4.69, 9.17) is 10.5 Å². The first-order chi connectivity index (χ1) is 12.0. The lowest BCUT2D eigenvalue weighted by Gasteiger charge is -2.17. The maximum absolute atomic E-state index is 12.5. The molecule has 3 N–H and O–H groups in total. The number of pyridine rings is 1. The van der Waals surface area contributed by atoms with Gasteiger partial charge in [0.25, 0.3) is 5.91 Å². The smallest absolute Gasteiger partial charge is 0.259 e. The molecule has 0 fully saturated rings. The van der Waals surface area contributed by atoms with Gasteiger partial charge in [-0.1, -0.05) is 6.07 Å². The average Bonchev–Trinajstić information content (AvgIpc) is 2.77. The second-order valence-corrected chi connectivity index (χ2v) is 6.06. The molecule has 6 nitrogen and oxygen atoms in total. The third-order valence-electron chi connectivity index (χ3n) is 4.65. The molecule has 0 saturated carbocycles. The maximum atomic E-state index is 12.5. The summed E-state index contributed by atoms with van der Waals surface area (Å²) in [5.74, 6) is 0.897. The van der Waals surface area contributed by atoms with Crippen LogP contribution in [-0.4, -0.2) is 22.6 Å². The fourth-order valence-corrected chi connectivity index (χ4v) is 3.50. The summed E-state index contributed by atoms with van der Waals surface area (Å²) in [6, 6.07) is 5.77. The normalized spacial score (nSPS) is 13.0. The zero-order valence-corrected chi connectivity index (χ0v) is 14.3. The van der Waals surface area contributed by atoms with Crippen molar-refractivity contribution in [2.45, 2.75) is 13.8 Å². The number of nitrogens with two attached hydrogens (primary N) is 1. The Morgan fingerprint density at radius 1 is 1.24 bits per heavy atom. The van der Waals surface area contributed by atoms with E-state index >= 15 is 0 Å². The summed E-state index contributed by atoms with van der Waals surface area (Å²) >= 11 is 0. The van der Waals surface area contributed by atoms with E-state index in [0.29, 0.717) is 17.0 Å². The summed E-state index contributed by atoms with van der Waals surface area (Å²) in [6.07, 6.45) is 5.21. The van der Waals surface area contributed by atoms with Gasteiger partial charge >= 0.3 is 0 Å². The number of hydrogen-bond acceptors (Lipinski definition) is 4. The minimum atomic E-state index is -0.234. The molecule has 1 amide bonds. The number of aromatic nitrogens is 2. The van der Waals surface area contributed by atoms with E-state index in [0.717, 1.165) is 33.5 Å². The van der Waals surface area contributed by atoms with Crippen LogP contribution in [0.5, 0.6) is 5.75 Å². The van der Waals surface area contributed by atoms with Crippen LogP contribution in [0.4, 0.5) is 5.82 Å².